The van der Waals surface area contributed by atoms with Gasteiger partial charge in [0.05, 0.1) is 83.7 Å². The summed E-state index contributed by atoms with van der Waals surface area (Å²) >= 11 is 13.4. The maximum atomic E-state index is 15.9. The van der Waals surface area contributed by atoms with E-state index in [2.05, 4.69) is 64.5 Å². The number of hydrogen-bond donors (Lipinski definition) is 1. The van der Waals surface area contributed by atoms with Crippen LogP contribution in [0.4, 0.5) is 40.7 Å². The summed E-state index contributed by atoms with van der Waals surface area (Å²) in [7, 11) is 0. The molecular formula is C88H86Cl2F4N20O6. The average molecular weight is 1670 g/mol. The largest absolute Gasteiger partial charge is 0.398 e. The highest BCUT2D eigenvalue weighted by molar-refractivity contribution is 6.34. The summed E-state index contributed by atoms with van der Waals surface area (Å²) in [5.41, 5.74) is 9.90. The number of benzene rings is 3. The highest BCUT2D eigenvalue weighted by Gasteiger charge is 2.46. The molecule has 0 aliphatic carbocycles. The van der Waals surface area contributed by atoms with Crippen LogP contribution in [0.15, 0.2) is 174 Å². The molecule has 0 radical (unpaired) electrons. The van der Waals surface area contributed by atoms with E-state index in [-0.39, 0.29) is 132 Å². The number of pyridine rings is 5. The summed E-state index contributed by atoms with van der Waals surface area (Å²) in [4.78, 5) is 135. The number of halogens is 6. The van der Waals surface area contributed by atoms with Gasteiger partial charge in [-0.25, -0.2) is 65.6 Å². The van der Waals surface area contributed by atoms with Crippen molar-refractivity contribution in [1.29, 1.82) is 0 Å². The van der Waals surface area contributed by atoms with Crippen LogP contribution in [0.5, 0.6) is 0 Å². The van der Waals surface area contributed by atoms with Crippen molar-refractivity contribution in [2.75, 3.05) is 66.2 Å². The molecule has 0 saturated carbocycles. The van der Waals surface area contributed by atoms with Crippen molar-refractivity contribution < 1.29 is 31.9 Å². The van der Waals surface area contributed by atoms with E-state index >= 15 is 8.78 Å². The molecule has 4 aliphatic rings. The maximum absolute atomic E-state index is 15.9. The van der Waals surface area contributed by atoms with Crippen LogP contribution in [-0.4, -0.2) is 172 Å². The summed E-state index contributed by atoms with van der Waals surface area (Å²) in [6.45, 7) is 33.1. The average Bonchev–Trinajstić information content (AvgIpc) is 1.38. The molecule has 4 aliphatic heterocycles. The van der Waals surface area contributed by atoms with Crippen molar-refractivity contribution in [3.8, 4) is 51.0 Å². The third-order valence-electron chi connectivity index (χ3n) is 22.1. The van der Waals surface area contributed by atoms with Gasteiger partial charge in [0.25, 0.3) is 0 Å². The zero-order chi connectivity index (χ0) is 85.7. The highest BCUT2D eigenvalue weighted by Crippen LogP contribution is 2.43. The van der Waals surface area contributed by atoms with Gasteiger partial charge in [-0.2, -0.15) is 15.0 Å². The first-order chi connectivity index (χ1) is 57.5. The van der Waals surface area contributed by atoms with Gasteiger partial charge in [0, 0.05) is 106 Å². The van der Waals surface area contributed by atoms with Gasteiger partial charge in [-0.1, -0.05) is 108 Å². The fraction of sp³-hybridized carbons (Fsp3) is 0.295. The number of nitrogens with zero attached hydrogens (tertiary/aromatic N) is 19. The summed E-state index contributed by atoms with van der Waals surface area (Å²) in [5.74, 6) is -1.67. The minimum atomic E-state index is -0.819. The van der Waals surface area contributed by atoms with E-state index in [1.807, 2.05) is 90.0 Å². The number of amides is 3. The van der Waals surface area contributed by atoms with Crippen LogP contribution in [0.25, 0.3) is 84.1 Å². The number of rotatable bonds is 15. The number of nitrogen functional groups attached to an aromatic ring is 1. The van der Waals surface area contributed by atoms with Crippen molar-refractivity contribution in [2.45, 2.75) is 124 Å². The summed E-state index contributed by atoms with van der Waals surface area (Å²) in [6.07, 6.45) is 11.6. The van der Waals surface area contributed by atoms with Gasteiger partial charge >= 0.3 is 17.1 Å². The Morgan fingerprint density at radius 2 is 0.975 bits per heavy atom. The van der Waals surface area contributed by atoms with Crippen LogP contribution in [0.3, 0.4) is 0 Å². The molecule has 4 saturated heterocycles. The van der Waals surface area contributed by atoms with Crippen LogP contribution in [-0.2, 0) is 20.8 Å². The number of hydrogen-bond acceptors (Lipinski definition) is 20. The molecule has 32 heteroatoms. The Bertz CT molecular complexity index is 6330. The van der Waals surface area contributed by atoms with Gasteiger partial charge in [0.15, 0.2) is 28.6 Å². The molecule has 13 heterocycles. The zero-order valence-electron chi connectivity index (χ0n) is 67.6. The highest BCUT2D eigenvalue weighted by atomic mass is 35.5. The molecule has 0 unspecified atom stereocenters. The summed E-state index contributed by atoms with van der Waals surface area (Å²) in [6, 6.07) is 24.0. The van der Waals surface area contributed by atoms with Crippen molar-refractivity contribution in [2.24, 2.45) is 0 Å². The van der Waals surface area contributed by atoms with E-state index in [1.165, 1.54) is 74.5 Å². The minimum absolute atomic E-state index is 0.00889. The van der Waals surface area contributed by atoms with Crippen molar-refractivity contribution in [1.82, 2.24) is 78.2 Å². The molecule has 4 fully saturated rings. The second kappa shape index (κ2) is 34.2. The number of anilines is 4. The van der Waals surface area contributed by atoms with Gasteiger partial charge in [0.1, 0.15) is 40.6 Å². The molecule has 26 nitrogen and oxygen atoms in total. The Hall–Kier alpha value is -13.0. The van der Waals surface area contributed by atoms with Crippen molar-refractivity contribution in [3.63, 3.8) is 0 Å². The molecule has 3 aromatic carbocycles. The standard InChI is InChI=1S/C31H33F2N7O2.C30H28ClFN6O2.C27H25ClFN7O2/c1-7-24(41)38-14-18(5)39(19(6)15-38)30-20-13-22(33)27(25-21(32)9-8-10-23(25)34)36-29(20)40(31(42)37-30)28-17(4)11-12-35-26(28)16(2)3;1-5-24(39)36-14-19-12-18(36)15-37(19)28-21-13-22(31)26(20-8-6-7-9-23(20)32)34-29(21)38(30(40)35-28)27-17(4)10-11-33-25(27)16(2)3;1-4-21-26(31-11-10-30-21)36-25-18(14-19(28)23(32-25)17-8-6-7-9-20(17)29)24(33-27(36)38)35-13-12-34(15-16(35)3)22(37)5-2/h7-13,16,18-19H,1,14-15,34H2,2-6H3;5-11,13,16,18-19H,1,12,14-15H2,2-4H3;5-11,14,16H,2,4,12-13,15H2,1,3H3/t18-,19+;18-,19-;16-/m.10/s1. The number of aryl methyl sites for hydroxylation is 3. The lowest BCUT2D eigenvalue weighted by Crippen LogP contribution is -2.58. The van der Waals surface area contributed by atoms with Gasteiger partial charge in [-0.15, -0.1) is 0 Å². The lowest BCUT2D eigenvalue weighted by molar-refractivity contribution is -0.127. The third kappa shape index (κ3) is 15.5. The van der Waals surface area contributed by atoms with Gasteiger partial charge in [0.2, 0.25) is 17.7 Å². The number of fused-ring (bicyclic) bond motifs is 5. The second-order valence-corrected chi connectivity index (χ2v) is 31.4. The molecule has 9 aromatic heterocycles. The Labute approximate surface area is 697 Å². The van der Waals surface area contributed by atoms with E-state index in [9.17, 15) is 37.5 Å². The first-order valence-corrected chi connectivity index (χ1v) is 40.0. The van der Waals surface area contributed by atoms with Crippen LogP contribution < -0.4 is 37.5 Å². The first kappa shape index (κ1) is 83.5. The number of likely N-dealkylation sites (tertiary alicyclic amines) is 1. The van der Waals surface area contributed by atoms with E-state index in [0.29, 0.717) is 109 Å². The lowest BCUT2D eigenvalue weighted by Gasteiger charge is -2.45. The Morgan fingerprint density at radius 1 is 0.500 bits per heavy atom. The first-order valence-electron chi connectivity index (χ1n) is 39.2. The van der Waals surface area contributed by atoms with Crippen molar-refractivity contribution in [3.05, 3.63) is 253 Å². The summed E-state index contributed by atoms with van der Waals surface area (Å²) in [5, 5.41) is 1.77. The van der Waals surface area contributed by atoms with Gasteiger partial charge in [-0.05, 0) is 155 Å². The monoisotopic (exact) mass is 1660 g/mol. The molecular weight excluding hydrogens is 1580 g/mol. The topological polar surface area (TPSA) is 292 Å². The smallest absolute Gasteiger partial charge is 0.357 e. The number of piperazine rings is 3. The van der Waals surface area contributed by atoms with E-state index < -0.39 is 40.3 Å². The van der Waals surface area contributed by atoms with E-state index in [4.69, 9.17) is 38.9 Å². The predicted molar refractivity (Wildman–Crippen MR) is 457 cm³/mol. The third-order valence-corrected chi connectivity index (χ3v) is 22.7. The Balaban J connectivity index is 0.000000148. The van der Waals surface area contributed by atoms with Crippen molar-refractivity contribution >= 4 is 97.2 Å². The SMILES string of the molecule is C=CC(=O)N1CCN(c2nc(=O)n(-c3nccnc3CC)c3nc(-c4ccccc4F)c(Cl)cc23)[C@@H](C)C1.C=CC(=O)N1C[C@@H](C)N(c2nc(=O)n(-c3c(C)ccnc3C(C)C)c3nc(-c4c(N)cccc4F)c(F)cc23)[C@@H](C)C1.C=CC(=O)N1C[C@H]2C[C@@H]1CN2c1nc(=O)n(-c2c(C)ccnc2C(C)C)c2nc(-c3ccccc3F)c(Cl)cc12. The normalized spacial score (nSPS) is 17.1. The molecule has 2 bridgehead atoms. The summed E-state index contributed by atoms with van der Waals surface area (Å²) < 4.78 is 64.8. The van der Waals surface area contributed by atoms with E-state index in [1.54, 1.807) is 83.0 Å². The molecule has 12 aromatic rings. The van der Waals surface area contributed by atoms with Crippen LogP contribution in [0.1, 0.15) is 102 Å². The predicted octanol–water partition coefficient (Wildman–Crippen LogP) is 13.6. The Kier molecular flexibility index (Phi) is 23.8. The number of aromatic nitrogens is 13. The maximum Gasteiger partial charge on any atom is 0.357 e. The van der Waals surface area contributed by atoms with E-state index in [0.717, 1.165) is 23.2 Å². The van der Waals surface area contributed by atoms with Gasteiger partial charge in [-0.3, -0.25) is 29.3 Å². The zero-order valence-corrected chi connectivity index (χ0v) is 69.1. The fourth-order valence-electron chi connectivity index (χ4n) is 16.5. The quantitative estimate of drug-likeness (QED) is 0.0566. The molecule has 3 amide bonds. The van der Waals surface area contributed by atoms with Crippen LogP contribution >= 0.6 is 23.2 Å². The lowest BCUT2D eigenvalue weighted by atomic mass is 10.0. The molecule has 16 rings (SSSR count). The molecule has 0 spiro atoms. The molecule has 2 N–H and O–H groups in total. The number of carbonyl (C=O) groups excluding carboxylic acids is 3. The van der Waals surface area contributed by atoms with Crippen LogP contribution in [0, 0.1) is 37.1 Å². The molecule has 5 atom stereocenters. The second-order valence-electron chi connectivity index (χ2n) is 30.6. The van der Waals surface area contributed by atoms with Crippen LogP contribution in [0.2, 0.25) is 10.0 Å². The number of carbonyl (C=O) groups is 3. The minimum Gasteiger partial charge on any atom is -0.398 e. The fourth-order valence-corrected chi connectivity index (χ4v) is 17.0. The molecule has 616 valence electrons. The number of nitrogens with two attached hydrogens (primary N) is 1. The van der Waals surface area contributed by atoms with Gasteiger partial charge < -0.3 is 35.1 Å². The molecule has 120 heavy (non-hydrogen) atoms. The Morgan fingerprint density at radius 3 is 1.48 bits per heavy atom.